The molecule has 1 saturated heterocycles. The maximum absolute atomic E-state index is 13.0. The van der Waals surface area contributed by atoms with Crippen molar-refractivity contribution in [2.24, 2.45) is 7.05 Å². The maximum atomic E-state index is 13.0. The van der Waals surface area contributed by atoms with Crippen LogP contribution >= 0.6 is 0 Å². The normalized spacial score (nSPS) is 22.9. The van der Waals surface area contributed by atoms with Crippen LogP contribution in [0.5, 0.6) is 0 Å². The van der Waals surface area contributed by atoms with Crippen LogP contribution in [0.15, 0.2) is 41.5 Å². The van der Waals surface area contributed by atoms with Gasteiger partial charge in [-0.3, -0.25) is 18.9 Å². The van der Waals surface area contributed by atoms with Gasteiger partial charge in [0.1, 0.15) is 5.82 Å². The maximum Gasteiger partial charge on any atom is 0.261 e. The molecule has 3 aromatic rings. The van der Waals surface area contributed by atoms with E-state index in [1.807, 2.05) is 46.8 Å². The van der Waals surface area contributed by atoms with Crippen LogP contribution in [-0.2, 0) is 26.6 Å². The molecule has 2 bridgehead atoms. The lowest BCUT2D eigenvalue weighted by molar-refractivity contribution is 0.180. The van der Waals surface area contributed by atoms with E-state index >= 15 is 0 Å². The monoisotopic (exact) mass is 335 g/mol. The summed E-state index contributed by atoms with van der Waals surface area (Å²) in [6.07, 6.45) is 7.18. The molecule has 25 heavy (non-hydrogen) atoms. The highest BCUT2D eigenvalue weighted by atomic mass is 16.1. The van der Waals surface area contributed by atoms with Gasteiger partial charge in [-0.2, -0.15) is 5.10 Å². The molecular weight excluding hydrogens is 314 g/mol. The Morgan fingerprint density at radius 1 is 1.20 bits per heavy atom. The van der Waals surface area contributed by atoms with Gasteiger partial charge in [0, 0.05) is 50.4 Å². The molecule has 0 radical (unpaired) electrons. The van der Waals surface area contributed by atoms with E-state index in [1.165, 1.54) is 12.0 Å². The molecule has 1 aromatic carbocycles. The van der Waals surface area contributed by atoms with Gasteiger partial charge in [-0.05, 0) is 25.0 Å². The van der Waals surface area contributed by atoms with Gasteiger partial charge in [0.25, 0.3) is 5.56 Å². The van der Waals surface area contributed by atoms with E-state index in [-0.39, 0.29) is 5.56 Å². The van der Waals surface area contributed by atoms with Crippen molar-refractivity contribution in [3.63, 3.8) is 0 Å². The Kier molecular flexibility index (Phi) is 3.28. The van der Waals surface area contributed by atoms with Gasteiger partial charge in [0.15, 0.2) is 0 Å². The van der Waals surface area contributed by atoms with Crippen LogP contribution in [-0.4, -0.2) is 36.3 Å². The molecule has 1 fully saturated rings. The fraction of sp³-hybridized carbons (Fsp3) is 0.421. The van der Waals surface area contributed by atoms with E-state index in [0.717, 1.165) is 42.7 Å². The summed E-state index contributed by atoms with van der Waals surface area (Å²) in [5.74, 6) is 0.937. The fourth-order valence-electron chi connectivity index (χ4n) is 4.43. The molecule has 2 aromatic heterocycles. The zero-order valence-corrected chi connectivity index (χ0v) is 14.3. The van der Waals surface area contributed by atoms with E-state index in [4.69, 9.17) is 4.98 Å². The zero-order valence-electron chi connectivity index (χ0n) is 14.3. The lowest BCUT2D eigenvalue weighted by Gasteiger charge is -2.26. The predicted molar refractivity (Wildman–Crippen MR) is 95.3 cm³/mol. The molecule has 0 saturated carbocycles. The molecule has 0 N–H and O–H groups in total. The van der Waals surface area contributed by atoms with Crippen molar-refractivity contribution in [3.8, 4) is 0 Å². The Morgan fingerprint density at radius 3 is 2.88 bits per heavy atom. The third kappa shape index (κ3) is 2.40. The van der Waals surface area contributed by atoms with Crippen molar-refractivity contribution in [2.45, 2.75) is 44.4 Å². The molecule has 0 spiro atoms. The molecular formula is C19H21N5O. The van der Waals surface area contributed by atoms with Crippen molar-refractivity contribution >= 4 is 10.9 Å². The quantitative estimate of drug-likeness (QED) is 0.715. The van der Waals surface area contributed by atoms with E-state index < -0.39 is 0 Å². The van der Waals surface area contributed by atoms with Crippen LogP contribution in [0.2, 0.25) is 0 Å². The number of benzene rings is 1. The average molecular weight is 335 g/mol. The molecule has 0 aliphatic carbocycles. The largest absolute Gasteiger partial charge is 0.294 e. The minimum absolute atomic E-state index is 0.106. The third-order valence-electron chi connectivity index (χ3n) is 5.65. The molecule has 0 unspecified atom stereocenters. The molecule has 2 aliphatic rings. The van der Waals surface area contributed by atoms with Crippen LogP contribution in [0, 0.1) is 0 Å². The first-order valence-corrected chi connectivity index (χ1v) is 8.91. The summed E-state index contributed by atoms with van der Waals surface area (Å²) >= 11 is 0. The molecule has 6 heteroatoms. The second kappa shape index (κ2) is 5.52. The van der Waals surface area contributed by atoms with Gasteiger partial charge in [0.2, 0.25) is 0 Å². The highest BCUT2D eigenvalue weighted by Crippen LogP contribution is 2.32. The van der Waals surface area contributed by atoms with Gasteiger partial charge in [-0.1, -0.05) is 12.1 Å². The summed E-state index contributed by atoms with van der Waals surface area (Å²) < 4.78 is 3.77. The lowest BCUT2D eigenvalue weighted by Crippen LogP contribution is -2.37. The average Bonchev–Trinajstić information content (AvgIpc) is 3.13. The third-order valence-corrected chi connectivity index (χ3v) is 5.65. The molecule has 2 aliphatic heterocycles. The van der Waals surface area contributed by atoms with Crippen molar-refractivity contribution in [2.75, 3.05) is 0 Å². The summed E-state index contributed by atoms with van der Waals surface area (Å²) in [7, 11) is 1.95. The van der Waals surface area contributed by atoms with Gasteiger partial charge in [0.05, 0.1) is 17.1 Å². The van der Waals surface area contributed by atoms with Gasteiger partial charge in [-0.25, -0.2) is 4.98 Å². The van der Waals surface area contributed by atoms with Crippen LogP contribution < -0.4 is 5.56 Å². The number of hydrogen-bond donors (Lipinski definition) is 0. The first-order valence-electron chi connectivity index (χ1n) is 8.91. The number of aromatic nitrogens is 4. The lowest BCUT2D eigenvalue weighted by atomic mass is 10.1. The fourth-order valence-corrected chi connectivity index (χ4v) is 4.43. The van der Waals surface area contributed by atoms with Crippen LogP contribution in [0.4, 0.5) is 0 Å². The second-order valence-electron chi connectivity index (χ2n) is 7.24. The van der Waals surface area contributed by atoms with Crippen LogP contribution in [0.25, 0.3) is 10.9 Å². The van der Waals surface area contributed by atoms with Gasteiger partial charge in [-0.15, -0.1) is 0 Å². The number of aryl methyl sites for hydroxylation is 1. The highest BCUT2D eigenvalue weighted by Gasteiger charge is 2.37. The Morgan fingerprint density at radius 2 is 2.04 bits per heavy atom. The predicted octanol–water partition coefficient (Wildman–Crippen LogP) is 1.72. The Labute approximate surface area is 145 Å². The first kappa shape index (κ1) is 14.8. The summed E-state index contributed by atoms with van der Waals surface area (Å²) in [6.45, 7) is 1.63. The smallest absolute Gasteiger partial charge is 0.261 e. The Hall–Kier alpha value is -2.47. The van der Waals surface area contributed by atoms with Crippen molar-refractivity contribution in [1.29, 1.82) is 0 Å². The Bertz CT molecular complexity index is 1000. The SMILES string of the molecule is Cn1cc(CN2[C@H]3CC[C@H]2Cn2c(nc4ccccc4c2=O)C3)cn1. The van der Waals surface area contributed by atoms with E-state index in [0.29, 0.717) is 12.1 Å². The molecule has 6 nitrogen and oxygen atoms in total. The number of hydrogen-bond acceptors (Lipinski definition) is 4. The van der Waals surface area contributed by atoms with Crippen LogP contribution in [0.3, 0.4) is 0 Å². The molecule has 2 atom stereocenters. The number of nitrogens with zero attached hydrogens (tertiary/aromatic N) is 5. The topological polar surface area (TPSA) is 56.0 Å². The van der Waals surface area contributed by atoms with Gasteiger partial charge < -0.3 is 0 Å². The van der Waals surface area contributed by atoms with Crippen molar-refractivity contribution in [1.82, 2.24) is 24.2 Å². The van der Waals surface area contributed by atoms with Crippen molar-refractivity contribution < 1.29 is 0 Å². The summed E-state index contributed by atoms with van der Waals surface area (Å²) in [5.41, 5.74) is 2.15. The second-order valence-corrected chi connectivity index (χ2v) is 7.24. The summed E-state index contributed by atoms with van der Waals surface area (Å²) in [6, 6.07) is 8.53. The highest BCUT2D eigenvalue weighted by molar-refractivity contribution is 5.77. The summed E-state index contributed by atoms with van der Waals surface area (Å²) in [4.78, 5) is 20.3. The van der Waals surface area contributed by atoms with Crippen LogP contribution in [0.1, 0.15) is 24.2 Å². The van der Waals surface area contributed by atoms with E-state index in [1.54, 1.807) is 0 Å². The zero-order chi connectivity index (χ0) is 17.0. The van der Waals surface area contributed by atoms with Crippen molar-refractivity contribution in [3.05, 3.63) is 58.4 Å². The summed E-state index contributed by atoms with van der Waals surface area (Å²) in [5, 5.41) is 5.01. The molecule has 5 rings (SSSR count). The Balaban J connectivity index is 1.54. The molecule has 4 heterocycles. The standard InChI is InChI=1S/C19H21N5O/c1-22-10-13(9-20-22)11-23-14-6-7-15(23)12-24-18(8-14)21-17-5-3-2-4-16(17)19(24)25/h2-5,9-10,14-15H,6-8,11-12H2,1H3/t14-,15-/m0/s1. The minimum atomic E-state index is 0.106. The number of rotatable bonds is 2. The van der Waals surface area contributed by atoms with Gasteiger partial charge >= 0.3 is 0 Å². The number of para-hydroxylation sites is 1. The molecule has 0 amide bonds. The van der Waals surface area contributed by atoms with E-state index in [9.17, 15) is 4.79 Å². The van der Waals surface area contributed by atoms with E-state index in [2.05, 4.69) is 16.2 Å². The first-order chi connectivity index (χ1) is 12.2. The number of fused-ring (bicyclic) bond motifs is 4. The minimum Gasteiger partial charge on any atom is -0.294 e. The molecule has 128 valence electrons.